The fourth-order valence-electron chi connectivity index (χ4n) is 3.44. The first-order chi connectivity index (χ1) is 14.5. The Balaban J connectivity index is 1.85. The van der Waals surface area contributed by atoms with E-state index in [9.17, 15) is 9.90 Å². The number of ketones is 1. The van der Waals surface area contributed by atoms with E-state index >= 15 is 0 Å². The van der Waals surface area contributed by atoms with Crippen molar-refractivity contribution >= 4 is 23.5 Å². The van der Waals surface area contributed by atoms with E-state index in [4.69, 9.17) is 22.1 Å². The minimum atomic E-state index is -0.301. The molecule has 0 spiro atoms. The van der Waals surface area contributed by atoms with Crippen LogP contribution in [0.1, 0.15) is 34.3 Å². The van der Waals surface area contributed by atoms with Crippen LogP contribution >= 0.6 is 11.6 Å². The molecule has 1 fully saturated rings. The first kappa shape index (κ1) is 22.1. The number of piperidine rings is 1. The number of halogens is 1. The molecule has 0 amide bonds. The van der Waals surface area contributed by atoms with Crippen LogP contribution in [0.2, 0.25) is 5.02 Å². The number of ether oxygens (including phenoxy) is 1. The fourth-order valence-corrected chi connectivity index (χ4v) is 3.63. The number of nitrogens with two attached hydrogens (primary N) is 1. The van der Waals surface area contributed by atoms with Gasteiger partial charge in [-0.15, -0.1) is 0 Å². The predicted molar refractivity (Wildman–Crippen MR) is 121 cm³/mol. The van der Waals surface area contributed by atoms with Gasteiger partial charge in [0.25, 0.3) is 0 Å². The molecule has 0 aliphatic carbocycles. The lowest BCUT2D eigenvalue weighted by molar-refractivity contribution is 0.104. The van der Waals surface area contributed by atoms with Crippen LogP contribution in [0.25, 0.3) is 6.08 Å². The second kappa shape index (κ2) is 10.4. The number of aromatic hydroxyl groups is 1. The van der Waals surface area contributed by atoms with Gasteiger partial charge >= 0.3 is 0 Å². The Morgan fingerprint density at radius 2 is 2.03 bits per heavy atom. The van der Waals surface area contributed by atoms with Crippen molar-refractivity contribution in [1.82, 2.24) is 4.90 Å². The lowest BCUT2D eigenvalue weighted by atomic mass is 10.0. The standard InChI is InChI=1S/C24H27ClN2O3/c1-2-13-30-24-15-23(29)20(14-18(24)16-27-11-9-19(26)10-12-27)22(28)8-7-17-5-3-4-6-21(17)25/h2-8,14-15,19,29H,1,9-13,16,26H2/b8-7+. The van der Waals surface area contributed by atoms with Gasteiger partial charge in [-0.05, 0) is 55.8 Å². The molecular weight excluding hydrogens is 400 g/mol. The molecule has 0 unspecified atom stereocenters. The highest BCUT2D eigenvalue weighted by Gasteiger charge is 2.20. The van der Waals surface area contributed by atoms with Crippen molar-refractivity contribution < 1.29 is 14.6 Å². The zero-order valence-electron chi connectivity index (χ0n) is 16.9. The van der Waals surface area contributed by atoms with Crippen LogP contribution in [-0.4, -0.2) is 41.5 Å². The van der Waals surface area contributed by atoms with Crippen molar-refractivity contribution in [1.29, 1.82) is 0 Å². The average Bonchev–Trinajstić information content (AvgIpc) is 2.74. The fraction of sp³-hybridized carbons (Fsp3) is 0.292. The normalized spacial score (nSPS) is 15.4. The molecule has 1 saturated heterocycles. The second-order valence-corrected chi connectivity index (χ2v) is 7.82. The molecule has 158 valence electrons. The SMILES string of the molecule is C=CCOc1cc(O)c(C(=O)/C=C/c2ccccc2Cl)cc1CN1CCC(N)CC1. The molecule has 30 heavy (non-hydrogen) atoms. The van der Waals surface area contributed by atoms with Crippen molar-refractivity contribution in [3.05, 3.63) is 76.8 Å². The van der Waals surface area contributed by atoms with Gasteiger partial charge in [0.2, 0.25) is 0 Å². The number of nitrogens with zero attached hydrogens (tertiary/aromatic N) is 1. The molecule has 1 aliphatic heterocycles. The number of phenolic OH excluding ortho intramolecular Hbond substituents is 1. The Kier molecular flexibility index (Phi) is 7.69. The van der Waals surface area contributed by atoms with Gasteiger partial charge in [0.1, 0.15) is 18.1 Å². The molecule has 0 saturated carbocycles. The van der Waals surface area contributed by atoms with Crippen LogP contribution in [-0.2, 0) is 6.54 Å². The van der Waals surface area contributed by atoms with Crippen molar-refractivity contribution in [2.24, 2.45) is 5.73 Å². The minimum Gasteiger partial charge on any atom is -0.507 e. The summed E-state index contributed by atoms with van der Waals surface area (Å²) < 4.78 is 5.73. The summed E-state index contributed by atoms with van der Waals surface area (Å²) in [5.74, 6) is 0.130. The van der Waals surface area contributed by atoms with E-state index in [1.54, 1.807) is 24.3 Å². The maximum atomic E-state index is 12.8. The average molecular weight is 427 g/mol. The highest BCUT2D eigenvalue weighted by Crippen LogP contribution is 2.31. The summed E-state index contributed by atoms with van der Waals surface area (Å²) in [6.07, 6.45) is 6.59. The lowest BCUT2D eigenvalue weighted by Crippen LogP contribution is -2.39. The van der Waals surface area contributed by atoms with Gasteiger partial charge in [0.05, 0.1) is 5.56 Å². The largest absolute Gasteiger partial charge is 0.507 e. The maximum absolute atomic E-state index is 12.8. The Labute approximate surface area is 182 Å². The van der Waals surface area contributed by atoms with Crippen LogP contribution < -0.4 is 10.5 Å². The van der Waals surface area contributed by atoms with Crippen LogP contribution in [0.3, 0.4) is 0 Å². The lowest BCUT2D eigenvalue weighted by Gasteiger charge is -2.30. The third-order valence-electron chi connectivity index (χ3n) is 5.15. The van der Waals surface area contributed by atoms with Gasteiger partial charge in [0, 0.05) is 29.2 Å². The van der Waals surface area contributed by atoms with E-state index in [0.29, 0.717) is 23.9 Å². The number of benzene rings is 2. The number of likely N-dealkylation sites (tertiary alicyclic amines) is 1. The molecule has 3 N–H and O–H groups in total. The van der Waals surface area contributed by atoms with Gasteiger partial charge in [0.15, 0.2) is 5.78 Å². The summed E-state index contributed by atoms with van der Waals surface area (Å²) in [4.78, 5) is 15.1. The van der Waals surface area contributed by atoms with Crippen LogP contribution in [0.5, 0.6) is 11.5 Å². The zero-order valence-corrected chi connectivity index (χ0v) is 17.6. The molecule has 0 bridgehead atoms. The van der Waals surface area contributed by atoms with Crippen molar-refractivity contribution in [3.63, 3.8) is 0 Å². The smallest absolute Gasteiger partial charge is 0.189 e. The molecule has 5 nitrogen and oxygen atoms in total. The van der Waals surface area contributed by atoms with Crippen LogP contribution in [0, 0.1) is 0 Å². The molecule has 3 rings (SSSR count). The number of carbonyl (C=O) groups excluding carboxylic acids is 1. The molecule has 0 atom stereocenters. The summed E-state index contributed by atoms with van der Waals surface area (Å²) in [6, 6.07) is 10.7. The van der Waals surface area contributed by atoms with E-state index in [0.717, 1.165) is 37.1 Å². The molecule has 2 aromatic carbocycles. The summed E-state index contributed by atoms with van der Waals surface area (Å²) in [6.45, 7) is 6.38. The van der Waals surface area contributed by atoms with Crippen LogP contribution in [0.4, 0.5) is 0 Å². The Morgan fingerprint density at radius 1 is 1.30 bits per heavy atom. The highest BCUT2D eigenvalue weighted by molar-refractivity contribution is 6.32. The van der Waals surface area contributed by atoms with E-state index in [2.05, 4.69) is 11.5 Å². The number of allylic oxidation sites excluding steroid dienone is 1. The predicted octanol–water partition coefficient (Wildman–Crippen LogP) is 4.43. The molecular formula is C24H27ClN2O3. The topological polar surface area (TPSA) is 75.8 Å². The first-order valence-electron chi connectivity index (χ1n) is 10.0. The molecule has 0 aromatic heterocycles. The van der Waals surface area contributed by atoms with Gasteiger partial charge in [-0.1, -0.05) is 42.5 Å². The number of rotatable bonds is 8. The van der Waals surface area contributed by atoms with Crippen LogP contribution in [0.15, 0.2) is 55.1 Å². The van der Waals surface area contributed by atoms with Gasteiger partial charge < -0.3 is 15.6 Å². The molecule has 1 heterocycles. The molecule has 6 heteroatoms. The van der Waals surface area contributed by atoms with Crippen molar-refractivity contribution in [3.8, 4) is 11.5 Å². The Morgan fingerprint density at radius 3 is 2.73 bits per heavy atom. The second-order valence-electron chi connectivity index (χ2n) is 7.41. The Hall–Kier alpha value is -2.60. The van der Waals surface area contributed by atoms with E-state index in [1.165, 1.54) is 12.1 Å². The van der Waals surface area contributed by atoms with E-state index < -0.39 is 0 Å². The summed E-state index contributed by atoms with van der Waals surface area (Å²) in [5.41, 5.74) is 7.82. The molecule has 0 radical (unpaired) electrons. The summed E-state index contributed by atoms with van der Waals surface area (Å²) in [5, 5.41) is 11.0. The zero-order chi connectivity index (χ0) is 21.5. The number of carbonyl (C=O) groups is 1. The minimum absolute atomic E-state index is 0.118. The third kappa shape index (κ3) is 5.72. The Bertz CT molecular complexity index is 934. The molecule has 2 aromatic rings. The maximum Gasteiger partial charge on any atom is 0.189 e. The first-order valence-corrected chi connectivity index (χ1v) is 10.4. The highest BCUT2D eigenvalue weighted by atomic mass is 35.5. The van der Waals surface area contributed by atoms with Gasteiger partial charge in [-0.2, -0.15) is 0 Å². The number of phenols is 1. The number of hydrogen-bond donors (Lipinski definition) is 2. The summed E-state index contributed by atoms with van der Waals surface area (Å²) in [7, 11) is 0. The quantitative estimate of drug-likeness (QED) is 0.371. The van der Waals surface area contributed by atoms with E-state index in [1.807, 2.05) is 18.2 Å². The van der Waals surface area contributed by atoms with Crippen molar-refractivity contribution in [2.75, 3.05) is 19.7 Å². The monoisotopic (exact) mass is 426 g/mol. The van der Waals surface area contributed by atoms with Gasteiger partial charge in [-0.3, -0.25) is 9.69 Å². The van der Waals surface area contributed by atoms with E-state index in [-0.39, 0.29) is 23.1 Å². The van der Waals surface area contributed by atoms with Gasteiger partial charge in [-0.25, -0.2) is 0 Å². The number of hydrogen-bond acceptors (Lipinski definition) is 5. The van der Waals surface area contributed by atoms with Crippen molar-refractivity contribution in [2.45, 2.75) is 25.4 Å². The summed E-state index contributed by atoms with van der Waals surface area (Å²) >= 11 is 6.15. The third-order valence-corrected chi connectivity index (χ3v) is 5.49. The molecule has 1 aliphatic rings.